The maximum Gasteiger partial charge on any atom is 0.339 e. The maximum atomic E-state index is 14.3. The van der Waals surface area contributed by atoms with E-state index in [4.69, 9.17) is 23.4 Å². The Bertz CT molecular complexity index is 2520. The van der Waals surface area contributed by atoms with Gasteiger partial charge >= 0.3 is 16.1 Å². The van der Waals surface area contributed by atoms with E-state index in [1.165, 1.54) is 50.0 Å². The first-order chi connectivity index (χ1) is 24.9. The van der Waals surface area contributed by atoms with E-state index >= 15 is 0 Å². The highest BCUT2D eigenvalue weighted by Gasteiger charge is 2.35. The van der Waals surface area contributed by atoms with Crippen LogP contribution in [-0.4, -0.2) is 44.7 Å². The van der Waals surface area contributed by atoms with E-state index in [2.05, 4.69) is 0 Å². The molecule has 6 rings (SSSR count). The zero-order valence-corrected chi connectivity index (χ0v) is 29.9. The number of carbonyl (C=O) groups excluding carboxylic acids is 1. The summed E-state index contributed by atoms with van der Waals surface area (Å²) in [5.41, 5.74) is 1.80. The van der Waals surface area contributed by atoms with Gasteiger partial charge in [0.2, 0.25) is 0 Å². The lowest BCUT2D eigenvalue weighted by molar-refractivity contribution is -0.385. The van der Waals surface area contributed by atoms with E-state index in [0.29, 0.717) is 44.3 Å². The van der Waals surface area contributed by atoms with Crippen molar-refractivity contribution in [1.82, 2.24) is 4.57 Å². The fourth-order valence-electron chi connectivity index (χ4n) is 5.67. The minimum atomic E-state index is -4.39. The van der Waals surface area contributed by atoms with Crippen LogP contribution in [0.1, 0.15) is 35.2 Å². The Morgan fingerprint density at radius 2 is 1.69 bits per heavy atom. The van der Waals surface area contributed by atoms with Gasteiger partial charge in [0.25, 0.3) is 11.2 Å². The summed E-state index contributed by atoms with van der Waals surface area (Å²) in [6, 6.07) is 22.8. The maximum absolute atomic E-state index is 14.3. The van der Waals surface area contributed by atoms with E-state index in [9.17, 15) is 28.1 Å². The molecule has 266 valence electrons. The number of thiazole rings is 1. The van der Waals surface area contributed by atoms with Crippen molar-refractivity contribution in [3.63, 3.8) is 0 Å². The molecule has 0 saturated heterocycles. The zero-order chi connectivity index (χ0) is 37.2. The smallest absolute Gasteiger partial charge is 0.339 e. The zero-order valence-electron chi connectivity index (χ0n) is 28.3. The molecule has 2 heterocycles. The molecule has 5 aromatic rings. The third-order valence-electron chi connectivity index (χ3n) is 8.15. The van der Waals surface area contributed by atoms with Crippen LogP contribution in [0.25, 0.3) is 11.8 Å². The number of nitro benzene ring substituents is 1. The lowest BCUT2D eigenvalue weighted by Crippen LogP contribution is -2.40. The van der Waals surface area contributed by atoms with Gasteiger partial charge in [0.1, 0.15) is 10.6 Å². The largest absolute Gasteiger partial charge is 0.493 e. The summed E-state index contributed by atoms with van der Waals surface area (Å²) in [5.74, 6) is 0.185. The van der Waals surface area contributed by atoms with Gasteiger partial charge in [-0.15, -0.1) is 0 Å². The van der Waals surface area contributed by atoms with Gasteiger partial charge in [-0.3, -0.25) is 19.5 Å². The molecule has 0 bridgehead atoms. The van der Waals surface area contributed by atoms with Crippen LogP contribution in [-0.2, 0) is 19.6 Å². The second kappa shape index (κ2) is 14.7. The fraction of sp³-hybridized carbons (Fsp3) is 0.162. The Hall–Kier alpha value is -6.06. The summed E-state index contributed by atoms with van der Waals surface area (Å²) in [6.45, 7) is 3.30. The van der Waals surface area contributed by atoms with Crippen molar-refractivity contribution < 1.29 is 36.5 Å². The minimum absolute atomic E-state index is 0.0399. The first-order valence-corrected chi connectivity index (χ1v) is 18.0. The lowest BCUT2D eigenvalue weighted by atomic mass is 9.93. The number of nitrogens with zero attached hydrogens (tertiary/aromatic N) is 3. The molecular weight excluding hydrogens is 711 g/mol. The van der Waals surface area contributed by atoms with E-state index in [-0.39, 0.29) is 33.0 Å². The highest BCUT2D eigenvalue weighted by molar-refractivity contribution is 7.87. The van der Waals surface area contributed by atoms with Crippen molar-refractivity contribution in [3.05, 3.63) is 149 Å². The van der Waals surface area contributed by atoms with Gasteiger partial charge in [0.05, 0.1) is 47.6 Å². The molecule has 0 radical (unpaired) electrons. The number of rotatable bonds is 11. The molecule has 0 unspecified atom stereocenters. The second-order valence-corrected chi connectivity index (χ2v) is 13.9. The molecule has 1 aromatic heterocycles. The van der Waals surface area contributed by atoms with Crippen molar-refractivity contribution in [3.8, 4) is 17.2 Å². The molecule has 4 aromatic carbocycles. The minimum Gasteiger partial charge on any atom is -0.493 e. The number of hydrogen-bond acceptors (Lipinski definition) is 12. The van der Waals surface area contributed by atoms with Crippen LogP contribution >= 0.6 is 11.3 Å². The summed E-state index contributed by atoms with van der Waals surface area (Å²) >= 11 is 1.12. The van der Waals surface area contributed by atoms with Crippen LogP contribution in [0.2, 0.25) is 0 Å². The van der Waals surface area contributed by atoms with E-state index in [0.717, 1.165) is 17.4 Å². The lowest BCUT2D eigenvalue weighted by Gasteiger charge is -2.26. The number of esters is 1. The number of aromatic nitrogens is 1. The molecule has 1 atom stereocenters. The number of benzene rings is 4. The Kier molecular flexibility index (Phi) is 10.1. The number of fused-ring (bicyclic) bond motifs is 1. The van der Waals surface area contributed by atoms with Crippen LogP contribution in [0.5, 0.6) is 17.2 Å². The standard InChI is InChI=1S/C37H31N3O10S2/c1-5-49-36(42)32-33(24-9-7-6-8-10-24)38-37-39(34(32)25-14-18-29(47-3)30(20-25)48-4)35(41)31(51-37)19-23-12-15-26(16-13-23)50-52(45,46)27-17-11-22(2)28(21-27)40(43)44/h6-21,34H,5H2,1-4H3/b31-19-/t34-/m1/s1. The topological polar surface area (TPSA) is 166 Å². The summed E-state index contributed by atoms with van der Waals surface area (Å²) in [5, 5.41) is 11.3. The van der Waals surface area contributed by atoms with Gasteiger partial charge in [-0.25, -0.2) is 9.79 Å². The average Bonchev–Trinajstić information content (AvgIpc) is 3.45. The monoisotopic (exact) mass is 741 g/mol. The van der Waals surface area contributed by atoms with Gasteiger partial charge in [-0.1, -0.05) is 65.9 Å². The van der Waals surface area contributed by atoms with E-state index < -0.39 is 32.6 Å². The molecule has 0 spiro atoms. The van der Waals surface area contributed by atoms with Crippen LogP contribution in [0.3, 0.4) is 0 Å². The van der Waals surface area contributed by atoms with Crippen LogP contribution in [0, 0.1) is 17.0 Å². The van der Waals surface area contributed by atoms with Gasteiger partial charge in [0, 0.05) is 17.2 Å². The summed E-state index contributed by atoms with van der Waals surface area (Å²) < 4.78 is 49.4. The first-order valence-electron chi connectivity index (χ1n) is 15.8. The molecule has 0 fully saturated rings. The molecule has 15 heteroatoms. The number of nitro groups is 1. The second-order valence-electron chi connectivity index (χ2n) is 11.4. The number of carbonyl (C=O) groups is 1. The van der Waals surface area contributed by atoms with Crippen LogP contribution in [0.4, 0.5) is 5.69 Å². The molecule has 52 heavy (non-hydrogen) atoms. The summed E-state index contributed by atoms with van der Waals surface area (Å²) in [7, 11) is -1.39. The first kappa shape index (κ1) is 35.8. The number of hydrogen-bond donors (Lipinski definition) is 0. The molecule has 1 aliphatic rings. The van der Waals surface area contributed by atoms with Gasteiger partial charge in [-0.05, 0) is 61.4 Å². The molecule has 0 saturated carbocycles. The van der Waals surface area contributed by atoms with Crippen molar-refractivity contribution in [2.24, 2.45) is 4.99 Å². The highest BCUT2D eigenvalue weighted by atomic mass is 32.2. The molecule has 1 aliphatic heterocycles. The van der Waals surface area contributed by atoms with E-state index in [1.807, 2.05) is 30.3 Å². The van der Waals surface area contributed by atoms with Crippen LogP contribution < -0.4 is 28.5 Å². The molecule has 0 amide bonds. The van der Waals surface area contributed by atoms with Crippen molar-refractivity contribution in [2.45, 2.75) is 24.8 Å². The third kappa shape index (κ3) is 6.95. The van der Waals surface area contributed by atoms with Gasteiger partial charge in [0.15, 0.2) is 16.3 Å². The summed E-state index contributed by atoms with van der Waals surface area (Å²) in [4.78, 5) is 43.5. The Balaban J connectivity index is 1.45. The number of methoxy groups -OCH3 is 2. The highest BCUT2D eigenvalue weighted by Crippen LogP contribution is 2.38. The number of aryl methyl sites for hydroxylation is 1. The summed E-state index contributed by atoms with van der Waals surface area (Å²) in [6.07, 6.45) is 1.62. The SMILES string of the molecule is CCOC(=O)C1=C(c2ccccc2)N=c2s/c(=C\c3ccc(OS(=O)(=O)c4ccc(C)c([N+](=O)[O-])c4)cc3)c(=O)n2[C@@H]1c1ccc(OC)c(OC)c1. The van der Waals surface area contributed by atoms with Crippen molar-refractivity contribution >= 4 is 44.9 Å². The van der Waals surface area contributed by atoms with Crippen molar-refractivity contribution in [1.29, 1.82) is 0 Å². The molecule has 0 aliphatic carbocycles. The third-order valence-corrected chi connectivity index (χ3v) is 10.4. The average molecular weight is 742 g/mol. The predicted molar refractivity (Wildman–Crippen MR) is 193 cm³/mol. The molecule has 0 N–H and O–H groups in total. The molecule has 13 nitrogen and oxygen atoms in total. The van der Waals surface area contributed by atoms with Crippen molar-refractivity contribution in [2.75, 3.05) is 20.8 Å². The van der Waals surface area contributed by atoms with Gasteiger partial charge in [-0.2, -0.15) is 8.42 Å². The van der Waals surface area contributed by atoms with Crippen LogP contribution in [0.15, 0.2) is 111 Å². The normalized spacial score (nSPS) is 14.3. The number of ether oxygens (including phenoxy) is 3. The molecular formula is C37H31N3O10S2. The quantitative estimate of drug-likeness (QED) is 0.0784. The Labute approximate surface area is 301 Å². The Morgan fingerprint density at radius 1 is 0.981 bits per heavy atom. The predicted octanol–water partition coefficient (Wildman–Crippen LogP) is 4.94. The van der Waals surface area contributed by atoms with E-state index in [1.54, 1.807) is 43.3 Å². The fourth-order valence-corrected chi connectivity index (χ4v) is 7.62. The van der Waals surface area contributed by atoms with Gasteiger partial charge < -0.3 is 18.4 Å². The Morgan fingerprint density at radius 3 is 2.35 bits per heavy atom.